The average Bonchev–Trinajstić information content (AvgIpc) is 3.17. The van der Waals surface area contributed by atoms with Gasteiger partial charge in [0.2, 0.25) is 5.91 Å². The second-order valence-corrected chi connectivity index (χ2v) is 8.17. The predicted octanol–water partition coefficient (Wildman–Crippen LogP) is 3.48. The summed E-state index contributed by atoms with van der Waals surface area (Å²) in [4.78, 5) is 33.8. The Kier molecular flexibility index (Phi) is 4.78. The number of hydrogen-bond acceptors (Lipinski definition) is 5. The molecule has 1 aromatic carbocycles. The molecule has 0 atom stereocenters. The molecule has 8 heteroatoms. The molecule has 1 aliphatic carbocycles. The Morgan fingerprint density at radius 2 is 2.12 bits per heavy atom. The number of benzene rings is 1. The maximum absolute atomic E-state index is 12.9. The molecule has 134 valence electrons. The van der Waals surface area contributed by atoms with Crippen LogP contribution in [0.1, 0.15) is 22.7 Å². The van der Waals surface area contributed by atoms with Gasteiger partial charge in [-0.2, -0.15) is 0 Å². The lowest BCUT2D eigenvalue weighted by Gasteiger charge is -2.05. The quantitative estimate of drug-likeness (QED) is 0.701. The van der Waals surface area contributed by atoms with E-state index < -0.39 is 0 Å². The van der Waals surface area contributed by atoms with Crippen molar-refractivity contribution in [2.24, 2.45) is 0 Å². The van der Waals surface area contributed by atoms with Crippen LogP contribution in [0.4, 0.5) is 10.1 Å². The number of aromatic nitrogens is 2. The number of amides is 1. The number of nitrogens with one attached hydrogen (secondary N) is 2. The number of rotatable bonds is 5. The van der Waals surface area contributed by atoms with Crippen LogP contribution < -0.4 is 10.9 Å². The van der Waals surface area contributed by atoms with Gasteiger partial charge in [0, 0.05) is 10.6 Å². The summed E-state index contributed by atoms with van der Waals surface area (Å²) in [6.07, 6.45) is 3.10. The topological polar surface area (TPSA) is 74.8 Å². The maximum Gasteiger partial charge on any atom is 0.259 e. The highest BCUT2D eigenvalue weighted by Gasteiger charge is 2.21. The standard InChI is InChI=1S/C18H16FN3O2S2/c19-10-4-6-11(7-5-10)20-15(23)9-25-8-14-21-17(24)16-12-2-1-3-13(12)26-18(16)22-14/h4-7H,1-3,8-9H2,(H,20,23)(H,21,22,24). The van der Waals surface area contributed by atoms with E-state index in [2.05, 4.69) is 15.3 Å². The molecule has 5 nitrogen and oxygen atoms in total. The molecule has 0 spiro atoms. The van der Waals surface area contributed by atoms with Crippen LogP contribution in [0.5, 0.6) is 0 Å². The fraction of sp³-hybridized carbons (Fsp3) is 0.278. The number of nitrogens with zero attached hydrogens (tertiary/aromatic N) is 1. The van der Waals surface area contributed by atoms with Gasteiger partial charge < -0.3 is 10.3 Å². The van der Waals surface area contributed by atoms with Gasteiger partial charge in [0.05, 0.1) is 16.9 Å². The minimum atomic E-state index is -0.345. The van der Waals surface area contributed by atoms with Crippen molar-refractivity contribution in [3.05, 3.63) is 56.7 Å². The van der Waals surface area contributed by atoms with Gasteiger partial charge in [-0.25, -0.2) is 9.37 Å². The van der Waals surface area contributed by atoms with Gasteiger partial charge in [-0.05, 0) is 49.1 Å². The minimum Gasteiger partial charge on any atom is -0.325 e. The maximum atomic E-state index is 12.9. The molecule has 4 rings (SSSR count). The predicted molar refractivity (Wildman–Crippen MR) is 103 cm³/mol. The van der Waals surface area contributed by atoms with Crippen molar-refractivity contribution in [3.63, 3.8) is 0 Å². The van der Waals surface area contributed by atoms with Crippen LogP contribution in [0.25, 0.3) is 10.2 Å². The van der Waals surface area contributed by atoms with Crippen molar-refractivity contribution in [3.8, 4) is 0 Å². The smallest absolute Gasteiger partial charge is 0.259 e. The van der Waals surface area contributed by atoms with Gasteiger partial charge in [-0.15, -0.1) is 23.1 Å². The van der Waals surface area contributed by atoms with Crippen LogP contribution >= 0.6 is 23.1 Å². The summed E-state index contributed by atoms with van der Waals surface area (Å²) in [7, 11) is 0. The highest BCUT2D eigenvalue weighted by atomic mass is 32.2. The molecule has 1 amide bonds. The number of carbonyl (C=O) groups is 1. The van der Waals surface area contributed by atoms with Crippen molar-refractivity contribution in [2.75, 3.05) is 11.1 Å². The summed E-state index contributed by atoms with van der Waals surface area (Å²) < 4.78 is 12.9. The number of aryl methyl sites for hydroxylation is 2. The van der Waals surface area contributed by atoms with E-state index in [9.17, 15) is 14.0 Å². The van der Waals surface area contributed by atoms with E-state index in [-0.39, 0.29) is 23.0 Å². The van der Waals surface area contributed by atoms with E-state index in [1.54, 1.807) is 11.3 Å². The zero-order valence-electron chi connectivity index (χ0n) is 13.8. The first-order valence-electron chi connectivity index (χ1n) is 8.27. The molecule has 26 heavy (non-hydrogen) atoms. The molecule has 1 aliphatic rings. The lowest BCUT2D eigenvalue weighted by Crippen LogP contribution is -2.15. The third-order valence-corrected chi connectivity index (χ3v) is 6.35. The number of fused-ring (bicyclic) bond motifs is 3. The molecule has 0 fully saturated rings. The van der Waals surface area contributed by atoms with Gasteiger partial charge in [-0.3, -0.25) is 9.59 Å². The van der Waals surface area contributed by atoms with Crippen molar-refractivity contribution in [2.45, 2.75) is 25.0 Å². The molecular weight excluding hydrogens is 373 g/mol. The summed E-state index contributed by atoms with van der Waals surface area (Å²) in [5.41, 5.74) is 1.63. The van der Waals surface area contributed by atoms with Gasteiger partial charge >= 0.3 is 0 Å². The molecule has 0 bridgehead atoms. The Morgan fingerprint density at radius 3 is 2.92 bits per heavy atom. The van der Waals surface area contributed by atoms with E-state index >= 15 is 0 Å². The monoisotopic (exact) mass is 389 g/mol. The minimum absolute atomic E-state index is 0.0826. The Balaban J connectivity index is 1.38. The van der Waals surface area contributed by atoms with Gasteiger partial charge in [0.15, 0.2) is 0 Å². The SMILES string of the molecule is O=C(CSCc1nc2sc3c(c2c(=O)[nH]1)CCC3)Nc1ccc(F)cc1. The van der Waals surface area contributed by atoms with Crippen LogP contribution in [0, 0.1) is 5.82 Å². The molecule has 2 heterocycles. The molecular formula is C18H16FN3O2S2. The van der Waals surface area contributed by atoms with Crippen molar-refractivity contribution >= 4 is 44.9 Å². The fourth-order valence-corrected chi connectivity index (χ4v) is 5.06. The zero-order valence-corrected chi connectivity index (χ0v) is 15.4. The number of anilines is 1. The second-order valence-electron chi connectivity index (χ2n) is 6.10. The molecule has 0 saturated carbocycles. The molecule has 0 radical (unpaired) electrons. The van der Waals surface area contributed by atoms with Crippen molar-refractivity contribution in [1.82, 2.24) is 9.97 Å². The van der Waals surface area contributed by atoms with Crippen LogP contribution in [0.2, 0.25) is 0 Å². The first kappa shape index (κ1) is 17.2. The first-order chi connectivity index (χ1) is 12.6. The highest BCUT2D eigenvalue weighted by Crippen LogP contribution is 2.34. The second kappa shape index (κ2) is 7.20. The molecule has 0 saturated heterocycles. The lowest BCUT2D eigenvalue weighted by atomic mass is 10.2. The molecule has 2 aromatic heterocycles. The van der Waals surface area contributed by atoms with Crippen molar-refractivity contribution < 1.29 is 9.18 Å². The van der Waals surface area contributed by atoms with Crippen LogP contribution in [-0.2, 0) is 23.4 Å². The summed E-state index contributed by atoms with van der Waals surface area (Å²) in [6, 6.07) is 5.62. The van der Waals surface area contributed by atoms with Gasteiger partial charge in [0.1, 0.15) is 16.5 Å². The Bertz CT molecular complexity index is 1030. The van der Waals surface area contributed by atoms with E-state index in [0.717, 1.165) is 35.0 Å². The van der Waals surface area contributed by atoms with Crippen LogP contribution in [0.3, 0.4) is 0 Å². The highest BCUT2D eigenvalue weighted by molar-refractivity contribution is 7.99. The average molecular weight is 389 g/mol. The van der Waals surface area contributed by atoms with Gasteiger partial charge in [-0.1, -0.05) is 0 Å². The Hall–Kier alpha value is -2.19. The normalized spacial score (nSPS) is 13.1. The fourth-order valence-electron chi connectivity index (χ4n) is 3.09. The Morgan fingerprint density at radius 1 is 1.31 bits per heavy atom. The molecule has 3 aromatic rings. The lowest BCUT2D eigenvalue weighted by molar-refractivity contribution is -0.113. The third kappa shape index (κ3) is 3.52. The Labute approximate surface area is 157 Å². The number of aromatic amines is 1. The number of H-pyrrole nitrogens is 1. The van der Waals surface area contributed by atoms with Crippen molar-refractivity contribution in [1.29, 1.82) is 0 Å². The summed E-state index contributed by atoms with van der Waals surface area (Å²) in [5.74, 6) is 0.731. The van der Waals surface area contributed by atoms with E-state index in [0.29, 0.717) is 17.3 Å². The molecule has 2 N–H and O–H groups in total. The zero-order chi connectivity index (χ0) is 18.1. The van der Waals surface area contributed by atoms with Gasteiger partial charge in [0.25, 0.3) is 5.56 Å². The molecule has 0 unspecified atom stereocenters. The summed E-state index contributed by atoms with van der Waals surface area (Å²) in [5, 5.41) is 3.45. The number of thioether (sulfide) groups is 1. The van der Waals surface area contributed by atoms with E-state index in [4.69, 9.17) is 0 Å². The number of hydrogen-bond donors (Lipinski definition) is 2. The first-order valence-corrected chi connectivity index (χ1v) is 10.2. The van der Waals surface area contributed by atoms with E-state index in [1.807, 2.05) is 0 Å². The van der Waals surface area contributed by atoms with Crippen LogP contribution in [0.15, 0.2) is 29.1 Å². The largest absolute Gasteiger partial charge is 0.325 e. The molecule has 0 aliphatic heterocycles. The summed E-state index contributed by atoms with van der Waals surface area (Å²) >= 11 is 2.98. The number of carbonyl (C=O) groups excluding carboxylic acids is 1. The third-order valence-electron chi connectivity index (χ3n) is 4.22. The summed E-state index contributed by atoms with van der Waals surface area (Å²) in [6.45, 7) is 0. The number of halogens is 1. The number of thiophene rings is 1. The van der Waals surface area contributed by atoms with E-state index in [1.165, 1.54) is 40.9 Å². The van der Waals surface area contributed by atoms with Crippen LogP contribution in [-0.4, -0.2) is 21.6 Å².